The quantitative estimate of drug-likeness (QED) is 0.516. The lowest BCUT2D eigenvalue weighted by Gasteiger charge is -2.32. The third kappa shape index (κ3) is 5.96. The molecule has 172 valence electrons. The Morgan fingerprint density at radius 3 is 2.69 bits per heavy atom. The lowest BCUT2D eigenvalue weighted by Crippen LogP contribution is -2.40. The van der Waals surface area contributed by atoms with Crippen molar-refractivity contribution >= 4 is 40.7 Å². The second-order valence-corrected chi connectivity index (χ2v) is 9.54. The van der Waals surface area contributed by atoms with Gasteiger partial charge in [0.15, 0.2) is 6.61 Å². The van der Waals surface area contributed by atoms with E-state index < -0.39 is 0 Å². The van der Waals surface area contributed by atoms with Crippen molar-refractivity contribution < 1.29 is 14.3 Å². The van der Waals surface area contributed by atoms with Crippen LogP contribution in [0.2, 0.25) is 10.0 Å². The highest BCUT2D eigenvalue weighted by Gasteiger charge is 2.28. The number of anilines is 1. The van der Waals surface area contributed by atoms with Crippen molar-refractivity contribution in [3.8, 4) is 5.75 Å². The summed E-state index contributed by atoms with van der Waals surface area (Å²) in [4.78, 5) is 26.5. The highest BCUT2D eigenvalue weighted by Crippen LogP contribution is 2.37. The fourth-order valence-corrected chi connectivity index (χ4v) is 4.12. The first-order valence-electron chi connectivity index (χ1n) is 11.0. The van der Waals surface area contributed by atoms with Gasteiger partial charge in [0.05, 0.1) is 5.69 Å². The number of fused-ring (bicyclic) bond motifs is 1. The number of carbonyl (C=O) groups is 2. The Kier molecular flexibility index (Phi) is 8.07. The molecular weight excluding hydrogens is 447 g/mol. The molecule has 1 aliphatic rings. The van der Waals surface area contributed by atoms with Gasteiger partial charge in [-0.3, -0.25) is 9.59 Å². The van der Waals surface area contributed by atoms with Crippen molar-refractivity contribution in [3.05, 3.63) is 57.6 Å². The lowest BCUT2D eigenvalue weighted by atomic mass is 9.82. The van der Waals surface area contributed by atoms with Crippen LogP contribution in [0.3, 0.4) is 0 Å². The summed E-state index contributed by atoms with van der Waals surface area (Å²) < 4.78 is 5.62. The minimum Gasteiger partial charge on any atom is -0.482 e. The van der Waals surface area contributed by atoms with Gasteiger partial charge in [0.2, 0.25) is 5.91 Å². The van der Waals surface area contributed by atoms with E-state index in [4.69, 9.17) is 27.9 Å². The second-order valence-electron chi connectivity index (χ2n) is 8.69. The van der Waals surface area contributed by atoms with Crippen LogP contribution in [0.1, 0.15) is 51.2 Å². The highest BCUT2D eigenvalue weighted by molar-refractivity contribution is 6.35. The summed E-state index contributed by atoms with van der Waals surface area (Å²) in [6.07, 6.45) is 2.53. The van der Waals surface area contributed by atoms with Crippen molar-refractivity contribution in [2.24, 2.45) is 0 Å². The van der Waals surface area contributed by atoms with E-state index in [9.17, 15) is 9.59 Å². The van der Waals surface area contributed by atoms with Gasteiger partial charge in [-0.15, -0.1) is 0 Å². The first-order chi connectivity index (χ1) is 15.2. The molecule has 1 aliphatic heterocycles. The molecule has 0 atom stereocenters. The lowest BCUT2D eigenvalue weighted by molar-refractivity contribution is -0.122. The van der Waals surface area contributed by atoms with E-state index in [0.717, 1.165) is 17.7 Å². The molecule has 1 heterocycles. The molecule has 0 saturated carbocycles. The average molecular weight is 477 g/mol. The molecule has 0 radical (unpaired) electrons. The van der Waals surface area contributed by atoms with Gasteiger partial charge in [0.25, 0.3) is 5.91 Å². The van der Waals surface area contributed by atoms with Crippen molar-refractivity contribution in [3.63, 3.8) is 0 Å². The monoisotopic (exact) mass is 476 g/mol. The van der Waals surface area contributed by atoms with Crippen LogP contribution in [-0.2, 0) is 21.4 Å². The number of benzene rings is 2. The number of hydrogen-bond donors (Lipinski definition) is 1. The minimum absolute atomic E-state index is 0.00800. The van der Waals surface area contributed by atoms with Crippen LogP contribution in [0.5, 0.6) is 5.75 Å². The van der Waals surface area contributed by atoms with Gasteiger partial charge in [-0.1, -0.05) is 56.1 Å². The van der Waals surface area contributed by atoms with Gasteiger partial charge in [-0.25, -0.2) is 0 Å². The first-order valence-corrected chi connectivity index (χ1v) is 11.7. The molecule has 32 heavy (non-hydrogen) atoms. The molecule has 0 unspecified atom stereocenters. The zero-order chi connectivity index (χ0) is 23.3. The number of rotatable bonds is 9. The van der Waals surface area contributed by atoms with Gasteiger partial charge in [0.1, 0.15) is 5.75 Å². The Morgan fingerprint density at radius 2 is 1.97 bits per heavy atom. The third-order valence-electron chi connectivity index (χ3n) is 6.08. The summed E-state index contributed by atoms with van der Waals surface area (Å²) in [6.45, 7) is 7.52. The summed E-state index contributed by atoms with van der Waals surface area (Å²) >= 11 is 12.1. The molecule has 0 bridgehead atoms. The minimum atomic E-state index is -0.0817. The van der Waals surface area contributed by atoms with Gasteiger partial charge < -0.3 is 15.0 Å². The number of nitrogens with zero attached hydrogens (tertiary/aromatic N) is 1. The van der Waals surface area contributed by atoms with Gasteiger partial charge in [-0.2, -0.15) is 0 Å². The van der Waals surface area contributed by atoms with Crippen LogP contribution in [0.15, 0.2) is 36.4 Å². The fraction of sp³-hybridized carbons (Fsp3) is 0.440. The van der Waals surface area contributed by atoms with E-state index in [0.29, 0.717) is 48.1 Å². The van der Waals surface area contributed by atoms with E-state index >= 15 is 0 Å². The highest BCUT2D eigenvalue weighted by atomic mass is 35.5. The maximum atomic E-state index is 12.5. The number of hydrogen-bond acceptors (Lipinski definition) is 3. The van der Waals surface area contributed by atoms with Crippen LogP contribution in [0, 0.1) is 0 Å². The number of ether oxygens (including phenoxy) is 1. The number of amides is 2. The molecule has 2 aromatic carbocycles. The summed E-state index contributed by atoms with van der Waals surface area (Å²) in [5.41, 5.74) is 2.91. The Balaban J connectivity index is 1.53. The normalized spacial score (nSPS) is 13.5. The number of halogens is 2. The van der Waals surface area contributed by atoms with E-state index in [1.54, 1.807) is 17.0 Å². The molecule has 5 nitrogen and oxygen atoms in total. The van der Waals surface area contributed by atoms with E-state index in [1.807, 2.05) is 18.2 Å². The van der Waals surface area contributed by atoms with Crippen molar-refractivity contribution in [1.82, 2.24) is 5.32 Å². The third-order valence-corrected chi connectivity index (χ3v) is 6.67. The van der Waals surface area contributed by atoms with Gasteiger partial charge in [-0.05, 0) is 60.1 Å². The predicted octanol–water partition coefficient (Wildman–Crippen LogP) is 5.55. The van der Waals surface area contributed by atoms with E-state index in [1.165, 1.54) is 5.56 Å². The second kappa shape index (κ2) is 10.6. The zero-order valence-corrected chi connectivity index (χ0v) is 20.4. The fourth-order valence-electron chi connectivity index (χ4n) is 3.62. The molecule has 0 aromatic heterocycles. The standard InChI is InChI=1S/C25H30Cl2N2O3/c1-4-25(2,3)18-8-10-22-21(14-18)29(24(31)16-32-22)13-5-6-23(30)28-12-11-17-7-9-19(26)15-20(17)27/h7-10,14-15H,4-6,11-13,16H2,1-3H3,(H,28,30). The Bertz CT molecular complexity index is 991. The summed E-state index contributed by atoms with van der Waals surface area (Å²) in [5.74, 6) is 0.586. The topological polar surface area (TPSA) is 58.6 Å². The van der Waals surface area contributed by atoms with Crippen LogP contribution in [-0.4, -0.2) is 31.5 Å². The maximum absolute atomic E-state index is 12.5. The molecule has 7 heteroatoms. The van der Waals surface area contributed by atoms with Crippen LogP contribution < -0.4 is 15.0 Å². The molecule has 0 spiro atoms. The van der Waals surface area contributed by atoms with Gasteiger partial charge in [0, 0.05) is 29.6 Å². The number of nitrogens with one attached hydrogen (secondary N) is 1. The van der Waals surface area contributed by atoms with Crippen molar-refractivity contribution in [2.45, 2.75) is 51.9 Å². The molecular formula is C25H30Cl2N2O3. The first kappa shape index (κ1) is 24.4. The number of carbonyl (C=O) groups excluding carboxylic acids is 2. The Hall–Kier alpha value is -2.24. The molecule has 0 fully saturated rings. The molecule has 1 N–H and O–H groups in total. The zero-order valence-electron chi connectivity index (χ0n) is 18.8. The average Bonchev–Trinajstić information content (AvgIpc) is 2.76. The van der Waals surface area contributed by atoms with Crippen LogP contribution >= 0.6 is 23.2 Å². The summed E-state index contributed by atoms with van der Waals surface area (Å²) in [7, 11) is 0. The summed E-state index contributed by atoms with van der Waals surface area (Å²) in [6, 6.07) is 11.4. The summed E-state index contributed by atoms with van der Waals surface area (Å²) in [5, 5.41) is 4.11. The Labute approximate surface area is 200 Å². The molecule has 0 saturated heterocycles. The molecule has 0 aliphatic carbocycles. The van der Waals surface area contributed by atoms with Crippen molar-refractivity contribution in [1.29, 1.82) is 0 Å². The predicted molar refractivity (Wildman–Crippen MR) is 130 cm³/mol. The van der Waals surface area contributed by atoms with Gasteiger partial charge >= 0.3 is 0 Å². The van der Waals surface area contributed by atoms with Crippen LogP contribution in [0.25, 0.3) is 0 Å². The molecule has 2 amide bonds. The van der Waals surface area contributed by atoms with E-state index in [2.05, 4.69) is 32.2 Å². The molecule has 3 rings (SSSR count). The van der Waals surface area contributed by atoms with Crippen molar-refractivity contribution in [2.75, 3.05) is 24.6 Å². The van der Waals surface area contributed by atoms with Crippen LogP contribution in [0.4, 0.5) is 5.69 Å². The smallest absolute Gasteiger partial charge is 0.265 e. The molecule has 2 aromatic rings. The van der Waals surface area contributed by atoms with E-state index in [-0.39, 0.29) is 23.8 Å². The Morgan fingerprint density at radius 1 is 1.19 bits per heavy atom. The SMILES string of the molecule is CCC(C)(C)c1ccc2c(c1)N(CCCC(=O)NCCc1ccc(Cl)cc1Cl)C(=O)CO2. The largest absolute Gasteiger partial charge is 0.482 e. The maximum Gasteiger partial charge on any atom is 0.265 e.